The number of nitrogens with zero attached hydrogens (tertiary/aromatic N) is 2. The molecular formula is C13H14BrN3O. The summed E-state index contributed by atoms with van der Waals surface area (Å²) in [6, 6.07) is 8.03. The molecule has 2 aromatic rings. The molecule has 0 aliphatic heterocycles. The van der Waals surface area contributed by atoms with Crippen molar-refractivity contribution in [2.24, 2.45) is 0 Å². The molecule has 3 rings (SSSR count). The second-order valence-corrected chi connectivity index (χ2v) is 5.42. The van der Waals surface area contributed by atoms with E-state index < -0.39 is 0 Å². The van der Waals surface area contributed by atoms with Gasteiger partial charge in [0, 0.05) is 12.5 Å². The number of aromatic nitrogens is 2. The van der Waals surface area contributed by atoms with Gasteiger partial charge in [0.2, 0.25) is 0 Å². The maximum atomic E-state index is 8.66. The Balaban J connectivity index is 1.94. The summed E-state index contributed by atoms with van der Waals surface area (Å²) in [5.41, 5.74) is 5.53. The Kier molecular flexibility index (Phi) is 3.20. The summed E-state index contributed by atoms with van der Waals surface area (Å²) in [5, 5.41) is 13.1. The van der Waals surface area contributed by atoms with Crippen LogP contribution in [0, 0.1) is 0 Å². The van der Waals surface area contributed by atoms with Gasteiger partial charge in [-0.3, -0.25) is 0 Å². The molecule has 0 atom stereocenters. The van der Waals surface area contributed by atoms with Gasteiger partial charge < -0.3 is 5.21 Å². The molecule has 0 amide bonds. The third-order valence-corrected chi connectivity index (χ3v) is 3.80. The maximum absolute atomic E-state index is 8.66. The molecule has 5 heteroatoms. The predicted molar refractivity (Wildman–Crippen MR) is 71.9 cm³/mol. The van der Waals surface area contributed by atoms with Gasteiger partial charge in [0.1, 0.15) is 0 Å². The highest BCUT2D eigenvalue weighted by Crippen LogP contribution is 2.43. The molecule has 0 spiro atoms. The van der Waals surface area contributed by atoms with Crippen LogP contribution in [-0.2, 0) is 6.54 Å². The lowest BCUT2D eigenvalue weighted by Gasteiger charge is -2.08. The summed E-state index contributed by atoms with van der Waals surface area (Å²) in [6.45, 7) is 0.457. The molecule has 1 aromatic carbocycles. The van der Waals surface area contributed by atoms with Gasteiger partial charge in [0.25, 0.3) is 0 Å². The van der Waals surface area contributed by atoms with Gasteiger partial charge in [0.15, 0.2) is 0 Å². The van der Waals surface area contributed by atoms with Gasteiger partial charge >= 0.3 is 0 Å². The quantitative estimate of drug-likeness (QED) is 0.854. The normalized spacial score (nSPS) is 15.0. The molecule has 1 saturated carbocycles. The van der Waals surface area contributed by atoms with Crippen LogP contribution in [0.5, 0.6) is 0 Å². The molecule has 1 aliphatic rings. The second-order valence-electron chi connectivity index (χ2n) is 4.57. The maximum Gasteiger partial charge on any atom is 0.0649 e. The van der Waals surface area contributed by atoms with Crippen molar-refractivity contribution in [1.29, 1.82) is 0 Å². The fourth-order valence-electron chi connectivity index (χ4n) is 2.11. The van der Waals surface area contributed by atoms with Crippen molar-refractivity contribution in [3.05, 3.63) is 46.2 Å². The number of benzene rings is 1. The summed E-state index contributed by atoms with van der Waals surface area (Å²) in [4.78, 5) is 0. The Morgan fingerprint density at radius 2 is 2.06 bits per heavy atom. The van der Waals surface area contributed by atoms with E-state index in [4.69, 9.17) is 5.21 Å². The Morgan fingerprint density at radius 3 is 2.67 bits per heavy atom. The van der Waals surface area contributed by atoms with E-state index in [-0.39, 0.29) is 0 Å². The second kappa shape index (κ2) is 4.84. The molecule has 18 heavy (non-hydrogen) atoms. The van der Waals surface area contributed by atoms with Crippen molar-refractivity contribution >= 4 is 15.9 Å². The van der Waals surface area contributed by atoms with Crippen LogP contribution in [0.2, 0.25) is 0 Å². The van der Waals surface area contributed by atoms with E-state index in [1.54, 1.807) is 0 Å². The average molecular weight is 308 g/mol. The van der Waals surface area contributed by atoms with Crippen LogP contribution >= 0.6 is 15.9 Å². The highest BCUT2D eigenvalue weighted by molar-refractivity contribution is 9.10. The lowest BCUT2D eigenvalue weighted by atomic mass is 10.2. The standard InChI is InChI=1S/C13H14BrN3O/c14-12-8-15-17(13(12)10-3-4-10)11-5-1-9(2-6-11)7-16-18/h1-2,5-6,8,10,16,18H,3-4,7H2. The van der Waals surface area contributed by atoms with Crippen LogP contribution < -0.4 is 5.48 Å². The van der Waals surface area contributed by atoms with E-state index in [0.717, 1.165) is 15.7 Å². The molecule has 1 aliphatic carbocycles. The van der Waals surface area contributed by atoms with Crippen LogP contribution in [0.15, 0.2) is 34.9 Å². The SMILES string of the molecule is ONCc1ccc(-n2ncc(Br)c2C2CC2)cc1. The zero-order valence-electron chi connectivity index (χ0n) is 9.81. The third kappa shape index (κ3) is 2.21. The minimum atomic E-state index is 0.457. The van der Waals surface area contributed by atoms with Crippen molar-refractivity contribution in [2.45, 2.75) is 25.3 Å². The molecule has 1 aromatic heterocycles. The number of nitrogens with one attached hydrogen (secondary N) is 1. The summed E-state index contributed by atoms with van der Waals surface area (Å²) in [5.74, 6) is 0.640. The number of hydrogen-bond donors (Lipinski definition) is 2. The topological polar surface area (TPSA) is 50.1 Å². The largest absolute Gasteiger partial charge is 0.316 e. The minimum Gasteiger partial charge on any atom is -0.316 e. The average Bonchev–Trinajstić information content (AvgIpc) is 3.14. The first-order valence-corrected chi connectivity index (χ1v) is 6.78. The van der Waals surface area contributed by atoms with Crippen molar-refractivity contribution in [3.63, 3.8) is 0 Å². The number of hydrogen-bond acceptors (Lipinski definition) is 3. The van der Waals surface area contributed by atoms with Gasteiger partial charge in [0.05, 0.1) is 22.1 Å². The predicted octanol–water partition coefficient (Wildman–Crippen LogP) is 2.99. The molecule has 2 N–H and O–H groups in total. The molecule has 0 radical (unpaired) electrons. The van der Waals surface area contributed by atoms with Crippen LogP contribution in [0.3, 0.4) is 0 Å². The van der Waals surface area contributed by atoms with E-state index in [2.05, 4.69) is 26.5 Å². The zero-order valence-corrected chi connectivity index (χ0v) is 11.4. The molecular weight excluding hydrogens is 294 g/mol. The zero-order chi connectivity index (χ0) is 12.5. The van der Waals surface area contributed by atoms with Crippen molar-refractivity contribution < 1.29 is 5.21 Å². The monoisotopic (exact) mass is 307 g/mol. The van der Waals surface area contributed by atoms with Gasteiger partial charge in [-0.25, -0.2) is 10.2 Å². The van der Waals surface area contributed by atoms with Crippen LogP contribution in [0.4, 0.5) is 0 Å². The van der Waals surface area contributed by atoms with Gasteiger partial charge in [-0.05, 0) is 46.5 Å². The molecule has 4 nitrogen and oxygen atoms in total. The molecule has 0 saturated heterocycles. The van der Waals surface area contributed by atoms with E-state index in [0.29, 0.717) is 12.5 Å². The Bertz CT molecular complexity index is 546. The number of halogens is 1. The van der Waals surface area contributed by atoms with Gasteiger partial charge in [-0.1, -0.05) is 12.1 Å². The minimum absolute atomic E-state index is 0.457. The molecule has 0 bridgehead atoms. The van der Waals surface area contributed by atoms with Gasteiger partial charge in [-0.15, -0.1) is 0 Å². The fraction of sp³-hybridized carbons (Fsp3) is 0.308. The van der Waals surface area contributed by atoms with Crippen LogP contribution in [0.1, 0.15) is 30.0 Å². The van der Waals surface area contributed by atoms with E-state index in [9.17, 15) is 0 Å². The van der Waals surface area contributed by atoms with Crippen molar-refractivity contribution in [2.75, 3.05) is 0 Å². The first kappa shape index (κ1) is 11.9. The Morgan fingerprint density at radius 1 is 1.33 bits per heavy atom. The lowest BCUT2D eigenvalue weighted by molar-refractivity contribution is 0.161. The highest BCUT2D eigenvalue weighted by atomic mass is 79.9. The lowest BCUT2D eigenvalue weighted by Crippen LogP contribution is -2.06. The summed E-state index contributed by atoms with van der Waals surface area (Å²) >= 11 is 3.57. The van der Waals surface area contributed by atoms with E-state index in [1.165, 1.54) is 18.5 Å². The molecule has 0 unspecified atom stereocenters. The summed E-state index contributed by atoms with van der Waals surface area (Å²) in [6.07, 6.45) is 4.35. The summed E-state index contributed by atoms with van der Waals surface area (Å²) in [7, 11) is 0. The molecule has 1 fully saturated rings. The molecule has 1 heterocycles. The third-order valence-electron chi connectivity index (χ3n) is 3.19. The summed E-state index contributed by atoms with van der Waals surface area (Å²) < 4.78 is 3.09. The van der Waals surface area contributed by atoms with Gasteiger partial charge in [-0.2, -0.15) is 5.10 Å². The van der Waals surface area contributed by atoms with Crippen LogP contribution in [-0.4, -0.2) is 15.0 Å². The van der Waals surface area contributed by atoms with Crippen molar-refractivity contribution in [3.8, 4) is 5.69 Å². The number of hydroxylamine groups is 1. The van der Waals surface area contributed by atoms with E-state index >= 15 is 0 Å². The molecule has 94 valence electrons. The first-order valence-electron chi connectivity index (χ1n) is 5.99. The van der Waals surface area contributed by atoms with E-state index in [1.807, 2.05) is 35.1 Å². The fourth-order valence-corrected chi connectivity index (χ4v) is 2.70. The highest BCUT2D eigenvalue weighted by Gasteiger charge is 2.29. The Hall–Kier alpha value is -1.17. The first-order chi connectivity index (χ1) is 8.79. The number of rotatable bonds is 4. The van der Waals surface area contributed by atoms with Crippen LogP contribution in [0.25, 0.3) is 5.69 Å². The smallest absolute Gasteiger partial charge is 0.0649 e. The Labute approximate surface area is 114 Å². The van der Waals surface area contributed by atoms with Crippen molar-refractivity contribution in [1.82, 2.24) is 15.3 Å².